The summed E-state index contributed by atoms with van der Waals surface area (Å²) >= 11 is 0. The van der Waals surface area contributed by atoms with Crippen LogP contribution < -0.4 is 10.2 Å². The highest BCUT2D eigenvalue weighted by Gasteiger charge is 2.29. The molecule has 2 heterocycles. The summed E-state index contributed by atoms with van der Waals surface area (Å²) in [7, 11) is 0. The smallest absolute Gasteiger partial charge is 0.226 e. The lowest BCUT2D eigenvalue weighted by atomic mass is 9.87. The number of aromatic nitrogens is 2. The van der Waals surface area contributed by atoms with Crippen molar-refractivity contribution in [1.29, 1.82) is 0 Å². The fourth-order valence-corrected chi connectivity index (χ4v) is 3.55. The number of hydrogen-bond acceptors (Lipinski definition) is 3. The Balaban J connectivity index is 1.88. The number of aryl methyl sites for hydroxylation is 1. The normalized spacial score (nSPS) is 16.4. The monoisotopic (exact) mass is 340 g/mol. The summed E-state index contributed by atoms with van der Waals surface area (Å²) in [5.74, 6) is 1.04. The number of anilines is 2. The van der Waals surface area contributed by atoms with Gasteiger partial charge >= 0.3 is 0 Å². The number of nitrogens with one attached hydrogen (secondary N) is 1. The summed E-state index contributed by atoms with van der Waals surface area (Å²) in [6, 6.07) is 8.64. The Morgan fingerprint density at radius 1 is 1.20 bits per heavy atom. The van der Waals surface area contributed by atoms with Crippen molar-refractivity contribution in [3.05, 3.63) is 41.6 Å². The first kappa shape index (κ1) is 17.5. The van der Waals surface area contributed by atoms with Gasteiger partial charge in [-0.25, -0.2) is 4.68 Å². The summed E-state index contributed by atoms with van der Waals surface area (Å²) in [4.78, 5) is 14.6. The predicted molar refractivity (Wildman–Crippen MR) is 102 cm³/mol. The zero-order chi connectivity index (χ0) is 17.8. The van der Waals surface area contributed by atoms with Crippen molar-refractivity contribution in [2.75, 3.05) is 23.3 Å². The molecule has 134 valence electrons. The average Bonchev–Trinajstić information content (AvgIpc) is 3.03. The van der Waals surface area contributed by atoms with Crippen molar-refractivity contribution in [3.8, 4) is 0 Å². The largest absolute Gasteiger partial charge is 0.372 e. The third kappa shape index (κ3) is 3.55. The van der Waals surface area contributed by atoms with Gasteiger partial charge in [-0.05, 0) is 38.0 Å². The van der Waals surface area contributed by atoms with Crippen LogP contribution in [0.15, 0.2) is 30.5 Å². The van der Waals surface area contributed by atoms with Crippen LogP contribution in [-0.4, -0.2) is 28.8 Å². The number of carbonyl (C=O) groups is 1. The summed E-state index contributed by atoms with van der Waals surface area (Å²) in [5.41, 5.74) is 3.54. The molecule has 0 saturated carbocycles. The molecule has 5 heteroatoms. The summed E-state index contributed by atoms with van der Waals surface area (Å²) < 4.78 is 1.94. The molecule has 2 aromatic rings. The molecule has 0 saturated heterocycles. The topological polar surface area (TPSA) is 50.2 Å². The molecule has 1 aromatic carbocycles. The molecule has 1 N–H and O–H groups in total. The molecule has 1 atom stereocenters. The van der Waals surface area contributed by atoms with E-state index in [2.05, 4.69) is 60.4 Å². The lowest BCUT2D eigenvalue weighted by Gasteiger charge is -2.25. The number of nitrogens with zero attached hydrogens (tertiary/aromatic N) is 3. The highest BCUT2D eigenvalue weighted by atomic mass is 16.1. The first-order valence-electron chi connectivity index (χ1n) is 9.38. The van der Waals surface area contributed by atoms with Crippen molar-refractivity contribution in [2.45, 2.75) is 52.5 Å². The van der Waals surface area contributed by atoms with E-state index in [1.165, 1.54) is 11.3 Å². The maximum Gasteiger partial charge on any atom is 0.226 e. The Hall–Kier alpha value is -2.30. The number of hydrogen-bond donors (Lipinski definition) is 1. The van der Waals surface area contributed by atoms with Gasteiger partial charge in [0.25, 0.3) is 0 Å². The lowest BCUT2D eigenvalue weighted by molar-refractivity contribution is -0.116. The van der Waals surface area contributed by atoms with Gasteiger partial charge in [0.2, 0.25) is 5.91 Å². The molecule has 1 aliphatic rings. The molecule has 5 nitrogen and oxygen atoms in total. The first-order chi connectivity index (χ1) is 12.2. The van der Waals surface area contributed by atoms with E-state index in [-0.39, 0.29) is 11.8 Å². The zero-order valence-corrected chi connectivity index (χ0v) is 15.5. The molecule has 1 aromatic heterocycles. The molecule has 0 fully saturated rings. The highest BCUT2D eigenvalue weighted by Crippen LogP contribution is 2.37. The number of unbranched alkanes of at least 4 members (excludes halogenated alkanes) is 1. The minimum Gasteiger partial charge on any atom is -0.372 e. The van der Waals surface area contributed by atoms with Gasteiger partial charge < -0.3 is 10.2 Å². The van der Waals surface area contributed by atoms with E-state index in [0.29, 0.717) is 6.42 Å². The molecule has 0 aliphatic carbocycles. The van der Waals surface area contributed by atoms with Crippen LogP contribution in [0.3, 0.4) is 0 Å². The maximum atomic E-state index is 12.2. The second-order valence-corrected chi connectivity index (χ2v) is 6.59. The van der Waals surface area contributed by atoms with E-state index >= 15 is 0 Å². The van der Waals surface area contributed by atoms with Gasteiger partial charge in [-0.3, -0.25) is 4.79 Å². The van der Waals surface area contributed by atoms with E-state index in [9.17, 15) is 4.79 Å². The Bertz CT molecular complexity index is 716. The molecule has 0 bridgehead atoms. The van der Waals surface area contributed by atoms with Crippen molar-refractivity contribution in [1.82, 2.24) is 9.78 Å². The van der Waals surface area contributed by atoms with E-state index in [4.69, 9.17) is 0 Å². The zero-order valence-electron chi connectivity index (χ0n) is 15.5. The quantitative estimate of drug-likeness (QED) is 0.829. The van der Waals surface area contributed by atoms with Crippen LogP contribution in [0.5, 0.6) is 0 Å². The fraction of sp³-hybridized carbons (Fsp3) is 0.500. The van der Waals surface area contributed by atoms with Gasteiger partial charge in [-0.1, -0.05) is 25.5 Å². The van der Waals surface area contributed by atoms with Crippen molar-refractivity contribution >= 4 is 17.4 Å². The highest BCUT2D eigenvalue weighted by molar-refractivity contribution is 5.94. The van der Waals surface area contributed by atoms with Gasteiger partial charge in [-0.15, -0.1) is 0 Å². The lowest BCUT2D eigenvalue weighted by Crippen LogP contribution is -2.25. The molecule has 1 unspecified atom stereocenters. The Kier molecular flexibility index (Phi) is 5.41. The van der Waals surface area contributed by atoms with Crippen LogP contribution in [-0.2, 0) is 11.3 Å². The molecule has 1 amide bonds. The van der Waals surface area contributed by atoms with Crippen LogP contribution in [0.1, 0.15) is 57.1 Å². The first-order valence-corrected chi connectivity index (χ1v) is 9.38. The maximum absolute atomic E-state index is 12.2. The van der Waals surface area contributed by atoms with E-state index in [1.807, 2.05) is 10.9 Å². The Morgan fingerprint density at radius 2 is 1.92 bits per heavy atom. The van der Waals surface area contributed by atoms with Crippen molar-refractivity contribution in [2.24, 2.45) is 0 Å². The van der Waals surface area contributed by atoms with Crippen LogP contribution in [0.2, 0.25) is 0 Å². The van der Waals surface area contributed by atoms with E-state index < -0.39 is 0 Å². The molecule has 0 spiro atoms. The predicted octanol–water partition coefficient (Wildman–Crippen LogP) is 4.00. The van der Waals surface area contributed by atoms with Crippen molar-refractivity contribution < 1.29 is 4.79 Å². The molecule has 1 aliphatic heterocycles. The Morgan fingerprint density at radius 3 is 2.56 bits per heavy atom. The number of fused-ring (bicyclic) bond motifs is 1. The molecular weight excluding hydrogens is 312 g/mol. The summed E-state index contributed by atoms with van der Waals surface area (Å²) in [6.07, 6.45) is 4.58. The van der Waals surface area contributed by atoms with E-state index in [1.54, 1.807) is 0 Å². The van der Waals surface area contributed by atoms with Crippen LogP contribution in [0.4, 0.5) is 11.5 Å². The average molecular weight is 340 g/mol. The van der Waals surface area contributed by atoms with Gasteiger partial charge in [0, 0.05) is 43.2 Å². The molecule has 25 heavy (non-hydrogen) atoms. The Labute approximate surface area is 150 Å². The third-order valence-corrected chi connectivity index (χ3v) is 5.04. The van der Waals surface area contributed by atoms with Gasteiger partial charge in [0.05, 0.1) is 6.20 Å². The number of benzene rings is 1. The second-order valence-electron chi connectivity index (χ2n) is 6.59. The molecule has 0 radical (unpaired) electrons. The SMILES string of the molecule is CCCCn1ncc2c1NC(=O)CC2c1ccc(N(CC)CC)cc1. The van der Waals surface area contributed by atoms with Gasteiger partial charge in [-0.2, -0.15) is 5.10 Å². The van der Waals surface area contributed by atoms with Gasteiger partial charge in [0.15, 0.2) is 0 Å². The standard InChI is InChI=1S/C20H28N4O/c1-4-7-12-24-20-18(14-21-24)17(13-19(25)22-20)15-8-10-16(11-9-15)23(5-2)6-3/h8-11,14,17H,4-7,12-13H2,1-3H3,(H,22,25). The van der Waals surface area contributed by atoms with Crippen LogP contribution in [0.25, 0.3) is 0 Å². The summed E-state index contributed by atoms with van der Waals surface area (Å²) in [6.45, 7) is 9.33. The summed E-state index contributed by atoms with van der Waals surface area (Å²) in [5, 5.41) is 7.53. The van der Waals surface area contributed by atoms with Crippen molar-refractivity contribution in [3.63, 3.8) is 0 Å². The molecular formula is C20H28N4O. The number of rotatable bonds is 7. The van der Waals surface area contributed by atoms with E-state index in [0.717, 1.165) is 43.9 Å². The second kappa shape index (κ2) is 7.72. The minimum absolute atomic E-state index is 0.0727. The number of carbonyl (C=O) groups excluding carboxylic acids is 1. The third-order valence-electron chi connectivity index (χ3n) is 5.04. The van der Waals surface area contributed by atoms with Gasteiger partial charge in [0.1, 0.15) is 5.82 Å². The molecule has 3 rings (SSSR count). The number of amides is 1. The minimum atomic E-state index is 0.0727. The van der Waals surface area contributed by atoms with Crippen LogP contribution in [0, 0.1) is 0 Å². The fourth-order valence-electron chi connectivity index (χ4n) is 3.55. The van der Waals surface area contributed by atoms with Crippen LogP contribution >= 0.6 is 0 Å².